The summed E-state index contributed by atoms with van der Waals surface area (Å²) in [5, 5.41) is 13.6. The van der Waals surface area contributed by atoms with Crippen LogP contribution in [-0.2, 0) is 0 Å². The number of amides is 2. The molecular formula is C13H18F2N2O2. The third kappa shape index (κ3) is 4.82. The first-order valence-electron chi connectivity index (χ1n) is 5.95. The van der Waals surface area contributed by atoms with E-state index >= 15 is 0 Å². The van der Waals surface area contributed by atoms with Crippen LogP contribution in [0.3, 0.4) is 0 Å². The summed E-state index contributed by atoms with van der Waals surface area (Å²) < 4.78 is 26.2. The number of rotatable bonds is 5. The van der Waals surface area contributed by atoms with Crippen LogP contribution in [0.1, 0.15) is 20.3 Å². The van der Waals surface area contributed by atoms with Gasteiger partial charge in [0.1, 0.15) is 0 Å². The van der Waals surface area contributed by atoms with Crippen LogP contribution in [0.15, 0.2) is 18.2 Å². The Labute approximate surface area is 110 Å². The molecule has 0 atom stereocenters. The third-order valence-corrected chi connectivity index (χ3v) is 2.72. The Kier molecular flexibility index (Phi) is 5.23. The van der Waals surface area contributed by atoms with Crippen LogP contribution >= 0.6 is 0 Å². The normalized spacial score (nSPS) is 11.2. The fraction of sp³-hybridized carbons (Fsp3) is 0.462. The summed E-state index contributed by atoms with van der Waals surface area (Å²) in [7, 11) is 0. The lowest BCUT2D eigenvalue weighted by atomic mass is 9.90. The van der Waals surface area contributed by atoms with Crippen LogP contribution in [0.2, 0.25) is 0 Å². The van der Waals surface area contributed by atoms with Gasteiger partial charge in [-0.3, -0.25) is 0 Å². The monoisotopic (exact) mass is 272 g/mol. The molecule has 4 nitrogen and oxygen atoms in total. The molecule has 1 rings (SSSR count). The number of halogens is 2. The number of aliphatic hydroxyl groups is 1. The van der Waals surface area contributed by atoms with Crippen molar-refractivity contribution in [2.45, 2.75) is 20.3 Å². The largest absolute Gasteiger partial charge is 0.396 e. The van der Waals surface area contributed by atoms with Crippen LogP contribution in [0, 0.1) is 17.0 Å². The highest BCUT2D eigenvalue weighted by Crippen LogP contribution is 2.19. The summed E-state index contributed by atoms with van der Waals surface area (Å²) in [4.78, 5) is 11.6. The zero-order valence-corrected chi connectivity index (χ0v) is 11.0. The smallest absolute Gasteiger partial charge is 0.319 e. The van der Waals surface area contributed by atoms with Crippen LogP contribution in [-0.4, -0.2) is 24.3 Å². The van der Waals surface area contributed by atoms with Crippen molar-refractivity contribution in [1.29, 1.82) is 0 Å². The second-order valence-electron chi connectivity index (χ2n) is 5.05. The summed E-state index contributed by atoms with van der Waals surface area (Å²) in [5.41, 5.74) is -0.482. The zero-order valence-electron chi connectivity index (χ0n) is 11.0. The quantitative estimate of drug-likeness (QED) is 0.771. The summed E-state index contributed by atoms with van der Waals surface area (Å²) >= 11 is 0. The van der Waals surface area contributed by atoms with Gasteiger partial charge in [0.25, 0.3) is 0 Å². The number of carbonyl (C=O) groups is 1. The maximum absolute atomic E-state index is 13.3. The lowest BCUT2D eigenvalue weighted by Crippen LogP contribution is -2.37. The van der Waals surface area contributed by atoms with Gasteiger partial charge in [-0.05, 0) is 24.0 Å². The summed E-state index contributed by atoms with van der Waals surface area (Å²) in [6, 6.07) is 2.94. The Morgan fingerprint density at radius 1 is 1.37 bits per heavy atom. The molecule has 3 N–H and O–H groups in total. The number of anilines is 1. The fourth-order valence-electron chi connectivity index (χ4n) is 1.48. The molecule has 6 heteroatoms. The first-order valence-corrected chi connectivity index (χ1v) is 5.95. The highest BCUT2D eigenvalue weighted by atomic mass is 19.2. The van der Waals surface area contributed by atoms with E-state index in [-0.39, 0.29) is 17.7 Å². The molecule has 0 bridgehead atoms. The van der Waals surface area contributed by atoms with Gasteiger partial charge in [0.15, 0.2) is 11.6 Å². The molecule has 0 saturated heterocycles. The fourth-order valence-corrected chi connectivity index (χ4v) is 1.48. The topological polar surface area (TPSA) is 61.4 Å². The lowest BCUT2D eigenvalue weighted by molar-refractivity contribution is 0.204. The predicted molar refractivity (Wildman–Crippen MR) is 68.9 cm³/mol. The standard InChI is InChI=1S/C13H18F2N2O2/c1-13(2,6-7-18)8-16-12(19)17-10-5-3-4-9(14)11(10)15/h3-5,18H,6-8H2,1-2H3,(H2,16,17,19). The number of aliphatic hydroxyl groups excluding tert-OH is 1. The van der Waals surface area contributed by atoms with E-state index in [1.807, 2.05) is 13.8 Å². The minimum Gasteiger partial charge on any atom is -0.396 e. The molecule has 19 heavy (non-hydrogen) atoms. The van der Waals surface area contributed by atoms with E-state index in [1.165, 1.54) is 12.1 Å². The van der Waals surface area contributed by atoms with Gasteiger partial charge in [0.05, 0.1) is 5.69 Å². The van der Waals surface area contributed by atoms with E-state index in [1.54, 1.807) is 0 Å². The molecular weight excluding hydrogens is 254 g/mol. The Morgan fingerprint density at radius 3 is 2.68 bits per heavy atom. The molecule has 0 aromatic heterocycles. The predicted octanol–water partition coefficient (Wildman–Crippen LogP) is 2.49. The number of benzene rings is 1. The summed E-state index contributed by atoms with van der Waals surface area (Å²) in [6.45, 7) is 4.10. The van der Waals surface area contributed by atoms with Crippen molar-refractivity contribution in [1.82, 2.24) is 5.32 Å². The second-order valence-corrected chi connectivity index (χ2v) is 5.05. The molecule has 2 amide bonds. The van der Waals surface area contributed by atoms with Crippen molar-refractivity contribution < 1.29 is 18.7 Å². The molecule has 0 fully saturated rings. The van der Waals surface area contributed by atoms with Gasteiger partial charge < -0.3 is 15.7 Å². The zero-order chi connectivity index (χ0) is 14.5. The number of hydrogen-bond acceptors (Lipinski definition) is 2. The van der Waals surface area contributed by atoms with Crippen LogP contribution in [0.25, 0.3) is 0 Å². The molecule has 0 saturated carbocycles. The summed E-state index contributed by atoms with van der Waals surface area (Å²) in [6.07, 6.45) is 0.529. The Bertz CT molecular complexity index is 450. The minimum atomic E-state index is -1.09. The van der Waals surface area contributed by atoms with Crippen molar-refractivity contribution in [3.63, 3.8) is 0 Å². The van der Waals surface area contributed by atoms with Gasteiger partial charge in [-0.1, -0.05) is 19.9 Å². The van der Waals surface area contributed by atoms with E-state index in [4.69, 9.17) is 5.11 Å². The van der Waals surface area contributed by atoms with Crippen molar-refractivity contribution >= 4 is 11.7 Å². The van der Waals surface area contributed by atoms with E-state index in [0.29, 0.717) is 13.0 Å². The first-order chi connectivity index (χ1) is 8.85. The maximum atomic E-state index is 13.3. The number of urea groups is 1. The highest BCUT2D eigenvalue weighted by Gasteiger charge is 2.18. The number of carbonyl (C=O) groups excluding carboxylic acids is 1. The molecule has 0 spiro atoms. The van der Waals surface area contributed by atoms with Crippen LogP contribution < -0.4 is 10.6 Å². The molecule has 1 aromatic rings. The molecule has 0 aliphatic carbocycles. The van der Waals surface area contributed by atoms with Gasteiger partial charge in [0.2, 0.25) is 0 Å². The average molecular weight is 272 g/mol. The van der Waals surface area contributed by atoms with Crippen molar-refractivity contribution in [3.8, 4) is 0 Å². The van der Waals surface area contributed by atoms with Gasteiger partial charge in [-0.25, -0.2) is 13.6 Å². The first kappa shape index (κ1) is 15.4. The minimum absolute atomic E-state index is 0.0226. The molecule has 106 valence electrons. The number of nitrogens with one attached hydrogen (secondary N) is 2. The van der Waals surface area contributed by atoms with Crippen molar-refractivity contribution in [2.75, 3.05) is 18.5 Å². The average Bonchev–Trinajstić information content (AvgIpc) is 2.33. The van der Waals surface area contributed by atoms with E-state index in [0.717, 1.165) is 6.07 Å². The Hall–Kier alpha value is -1.69. The summed E-state index contributed by atoms with van der Waals surface area (Å²) in [5.74, 6) is -2.11. The molecule has 0 radical (unpaired) electrons. The Morgan fingerprint density at radius 2 is 2.05 bits per heavy atom. The molecule has 0 unspecified atom stereocenters. The van der Waals surface area contributed by atoms with E-state index < -0.39 is 17.7 Å². The Balaban J connectivity index is 2.54. The van der Waals surface area contributed by atoms with Gasteiger partial charge in [-0.15, -0.1) is 0 Å². The molecule has 0 aliphatic heterocycles. The molecule has 1 aromatic carbocycles. The highest BCUT2D eigenvalue weighted by molar-refractivity contribution is 5.89. The van der Waals surface area contributed by atoms with Gasteiger partial charge in [-0.2, -0.15) is 0 Å². The van der Waals surface area contributed by atoms with Gasteiger partial charge >= 0.3 is 6.03 Å². The van der Waals surface area contributed by atoms with Crippen LogP contribution in [0.4, 0.5) is 19.3 Å². The number of hydrogen-bond donors (Lipinski definition) is 3. The van der Waals surface area contributed by atoms with E-state index in [9.17, 15) is 13.6 Å². The molecule has 0 heterocycles. The lowest BCUT2D eigenvalue weighted by Gasteiger charge is -2.23. The van der Waals surface area contributed by atoms with Crippen molar-refractivity contribution in [3.05, 3.63) is 29.8 Å². The van der Waals surface area contributed by atoms with Gasteiger partial charge in [0, 0.05) is 13.2 Å². The molecule has 0 aliphatic rings. The van der Waals surface area contributed by atoms with Crippen LogP contribution in [0.5, 0.6) is 0 Å². The van der Waals surface area contributed by atoms with E-state index in [2.05, 4.69) is 10.6 Å². The van der Waals surface area contributed by atoms with Crippen molar-refractivity contribution in [2.24, 2.45) is 5.41 Å². The SMILES string of the molecule is CC(C)(CCO)CNC(=O)Nc1cccc(F)c1F. The maximum Gasteiger partial charge on any atom is 0.319 e. The second kappa shape index (κ2) is 6.47. The third-order valence-electron chi connectivity index (χ3n) is 2.72.